The Morgan fingerprint density at radius 3 is 2.41 bits per heavy atom. The second kappa shape index (κ2) is 6.04. The molecule has 1 aliphatic carbocycles. The number of rotatable bonds is 3. The first-order valence-corrected chi connectivity index (χ1v) is 7.92. The molecule has 2 aromatic heterocycles. The van der Waals surface area contributed by atoms with Crippen LogP contribution in [0.1, 0.15) is 42.8 Å². The van der Waals surface area contributed by atoms with Crippen LogP contribution >= 0.6 is 0 Å². The van der Waals surface area contributed by atoms with Gasteiger partial charge in [0.25, 0.3) is 5.95 Å². The van der Waals surface area contributed by atoms with Crippen molar-refractivity contribution in [2.45, 2.75) is 58.5 Å². The first-order chi connectivity index (χ1) is 10.5. The largest absolute Gasteiger partial charge is 0.367 e. The quantitative estimate of drug-likeness (QED) is 0.908. The molecule has 3 rings (SSSR count). The Kier molecular flexibility index (Phi) is 4.11. The molecular formula is C16H24N6. The molecule has 118 valence electrons. The van der Waals surface area contributed by atoms with Crippen LogP contribution in [0.4, 0.5) is 5.82 Å². The van der Waals surface area contributed by atoms with E-state index in [1.807, 2.05) is 32.9 Å². The zero-order valence-corrected chi connectivity index (χ0v) is 13.5. The fourth-order valence-corrected chi connectivity index (χ4v) is 3.03. The molecule has 1 saturated carbocycles. The van der Waals surface area contributed by atoms with Gasteiger partial charge in [-0.05, 0) is 52.5 Å². The van der Waals surface area contributed by atoms with E-state index in [1.54, 1.807) is 4.68 Å². The highest BCUT2D eigenvalue weighted by molar-refractivity contribution is 5.40. The molecular weight excluding hydrogens is 276 g/mol. The van der Waals surface area contributed by atoms with Crippen molar-refractivity contribution in [3.05, 3.63) is 29.2 Å². The molecule has 0 atom stereocenters. The predicted octanol–water partition coefficient (Wildman–Crippen LogP) is 2.27. The summed E-state index contributed by atoms with van der Waals surface area (Å²) in [5.41, 5.74) is 8.92. The van der Waals surface area contributed by atoms with E-state index in [4.69, 9.17) is 5.73 Å². The van der Waals surface area contributed by atoms with E-state index in [2.05, 4.69) is 20.4 Å². The van der Waals surface area contributed by atoms with Crippen LogP contribution in [0.15, 0.2) is 12.1 Å². The first-order valence-electron chi connectivity index (χ1n) is 7.92. The molecule has 6 heteroatoms. The van der Waals surface area contributed by atoms with E-state index in [1.165, 1.54) is 0 Å². The Bertz CT molecular complexity index is 655. The summed E-state index contributed by atoms with van der Waals surface area (Å²) in [5.74, 6) is 1.50. The summed E-state index contributed by atoms with van der Waals surface area (Å²) in [6.07, 6.45) is 4.34. The number of nitrogens with zero attached hydrogens (tertiary/aromatic N) is 4. The maximum Gasteiger partial charge on any atom is 0.252 e. The van der Waals surface area contributed by atoms with Gasteiger partial charge in [0.2, 0.25) is 0 Å². The van der Waals surface area contributed by atoms with Crippen LogP contribution in [-0.4, -0.2) is 31.8 Å². The van der Waals surface area contributed by atoms with Gasteiger partial charge in [-0.3, -0.25) is 0 Å². The van der Waals surface area contributed by atoms with Gasteiger partial charge in [-0.1, -0.05) is 0 Å². The van der Waals surface area contributed by atoms with Gasteiger partial charge >= 0.3 is 0 Å². The zero-order chi connectivity index (χ0) is 15.7. The van der Waals surface area contributed by atoms with Crippen LogP contribution in [0.3, 0.4) is 0 Å². The second-order valence-electron chi connectivity index (χ2n) is 6.29. The van der Waals surface area contributed by atoms with Crippen LogP contribution < -0.4 is 11.1 Å². The van der Waals surface area contributed by atoms with Gasteiger partial charge in [0.15, 0.2) is 0 Å². The number of nitrogens with one attached hydrogen (secondary N) is 1. The molecule has 0 saturated heterocycles. The third-order valence-corrected chi connectivity index (χ3v) is 4.17. The van der Waals surface area contributed by atoms with Crippen molar-refractivity contribution in [1.82, 2.24) is 19.7 Å². The predicted molar refractivity (Wildman–Crippen MR) is 87.2 cm³/mol. The van der Waals surface area contributed by atoms with Crippen LogP contribution in [-0.2, 0) is 0 Å². The zero-order valence-electron chi connectivity index (χ0n) is 13.5. The topological polar surface area (TPSA) is 81.6 Å². The van der Waals surface area contributed by atoms with E-state index in [0.29, 0.717) is 18.0 Å². The molecule has 0 spiro atoms. The van der Waals surface area contributed by atoms with Crippen LogP contribution in [0.25, 0.3) is 5.95 Å². The van der Waals surface area contributed by atoms with E-state index >= 15 is 0 Å². The van der Waals surface area contributed by atoms with Crippen molar-refractivity contribution in [3.63, 3.8) is 0 Å². The summed E-state index contributed by atoms with van der Waals surface area (Å²) in [7, 11) is 0. The van der Waals surface area contributed by atoms with Gasteiger partial charge in [0.1, 0.15) is 5.82 Å². The van der Waals surface area contributed by atoms with E-state index < -0.39 is 0 Å². The van der Waals surface area contributed by atoms with Gasteiger partial charge in [0, 0.05) is 29.5 Å². The highest BCUT2D eigenvalue weighted by Crippen LogP contribution is 2.21. The lowest BCUT2D eigenvalue weighted by atomic mass is 9.92. The van der Waals surface area contributed by atoms with E-state index in [9.17, 15) is 0 Å². The highest BCUT2D eigenvalue weighted by atomic mass is 15.4. The van der Waals surface area contributed by atoms with Gasteiger partial charge in [-0.25, -0.2) is 9.67 Å². The fourth-order valence-electron chi connectivity index (χ4n) is 3.03. The molecule has 6 nitrogen and oxygen atoms in total. The molecule has 0 bridgehead atoms. The molecule has 2 heterocycles. The smallest absolute Gasteiger partial charge is 0.252 e. The Balaban J connectivity index is 1.82. The summed E-state index contributed by atoms with van der Waals surface area (Å²) in [6, 6.07) is 4.82. The van der Waals surface area contributed by atoms with Crippen molar-refractivity contribution >= 4 is 5.82 Å². The summed E-state index contributed by atoms with van der Waals surface area (Å²) in [4.78, 5) is 9.15. The monoisotopic (exact) mass is 300 g/mol. The van der Waals surface area contributed by atoms with Crippen LogP contribution in [0, 0.1) is 20.8 Å². The minimum Gasteiger partial charge on any atom is -0.367 e. The first kappa shape index (κ1) is 15.0. The average molecular weight is 300 g/mol. The second-order valence-corrected chi connectivity index (χ2v) is 6.29. The van der Waals surface area contributed by atoms with Crippen molar-refractivity contribution in [3.8, 4) is 5.95 Å². The molecule has 1 aliphatic rings. The number of aromatic nitrogens is 4. The van der Waals surface area contributed by atoms with Gasteiger partial charge in [-0.15, -0.1) is 0 Å². The van der Waals surface area contributed by atoms with Gasteiger partial charge < -0.3 is 11.1 Å². The fraction of sp³-hybridized carbons (Fsp3) is 0.562. The SMILES string of the molecule is Cc1cc(NC2CCC(N)CC2)nc(-n2nc(C)cc2C)n1. The molecule has 0 unspecified atom stereocenters. The summed E-state index contributed by atoms with van der Waals surface area (Å²) >= 11 is 0. The van der Waals surface area contributed by atoms with Crippen molar-refractivity contribution < 1.29 is 0 Å². The number of anilines is 1. The maximum atomic E-state index is 5.97. The summed E-state index contributed by atoms with van der Waals surface area (Å²) in [5, 5.41) is 8.00. The number of hydrogen-bond acceptors (Lipinski definition) is 5. The third kappa shape index (κ3) is 3.27. The maximum absolute atomic E-state index is 5.97. The molecule has 3 N–H and O–H groups in total. The van der Waals surface area contributed by atoms with E-state index in [-0.39, 0.29) is 0 Å². The Morgan fingerprint density at radius 2 is 1.77 bits per heavy atom. The third-order valence-electron chi connectivity index (χ3n) is 4.17. The van der Waals surface area contributed by atoms with Crippen LogP contribution in [0.2, 0.25) is 0 Å². The average Bonchev–Trinajstić information content (AvgIpc) is 2.80. The lowest BCUT2D eigenvalue weighted by Crippen LogP contribution is -2.33. The van der Waals surface area contributed by atoms with Gasteiger partial charge in [-0.2, -0.15) is 10.1 Å². The molecule has 0 aromatic carbocycles. The minimum atomic E-state index is 0.357. The number of nitrogens with two attached hydrogens (primary N) is 1. The van der Waals surface area contributed by atoms with Crippen molar-refractivity contribution in [2.75, 3.05) is 5.32 Å². The molecule has 1 fully saturated rings. The molecule has 0 radical (unpaired) electrons. The number of hydrogen-bond donors (Lipinski definition) is 2. The normalized spacial score (nSPS) is 21.8. The number of aryl methyl sites for hydroxylation is 3. The minimum absolute atomic E-state index is 0.357. The molecule has 2 aromatic rings. The van der Waals surface area contributed by atoms with E-state index in [0.717, 1.165) is 48.6 Å². The lowest BCUT2D eigenvalue weighted by Gasteiger charge is -2.27. The molecule has 22 heavy (non-hydrogen) atoms. The highest BCUT2D eigenvalue weighted by Gasteiger charge is 2.19. The van der Waals surface area contributed by atoms with Gasteiger partial charge in [0.05, 0.1) is 5.69 Å². The Labute approximate surface area is 131 Å². The van der Waals surface area contributed by atoms with Crippen LogP contribution in [0.5, 0.6) is 0 Å². The molecule has 0 aliphatic heterocycles. The summed E-state index contributed by atoms with van der Waals surface area (Å²) < 4.78 is 1.80. The standard InChI is InChI=1S/C16H24N6/c1-10-9-15(19-14-6-4-13(17)5-7-14)20-16(18-10)22-12(3)8-11(2)21-22/h8-9,13-14H,4-7,17H2,1-3H3,(H,18,19,20). The van der Waals surface area contributed by atoms with Crippen molar-refractivity contribution in [2.24, 2.45) is 5.73 Å². The summed E-state index contributed by atoms with van der Waals surface area (Å²) in [6.45, 7) is 5.98. The van der Waals surface area contributed by atoms with Crippen molar-refractivity contribution in [1.29, 1.82) is 0 Å². The Hall–Kier alpha value is -1.95. The Morgan fingerprint density at radius 1 is 1.05 bits per heavy atom. The lowest BCUT2D eigenvalue weighted by molar-refractivity contribution is 0.410. The molecule has 0 amide bonds.